The van der Waals surface area contributed by atoms with Crippen molar-refractivity contribution in [2.45, 2.75) is 39.2 Å². The Kier molecular flexibility index (Phi) is 5.83. The summed E-state index contributed by atoms with van der Waals surface area (Å²) in [6, 6.07) is 9.86. The van der Waals surface area contributed by atoms with Crippen molar-refractivity contribution in [3.05, 3.63) is 58.9 Å². The fraction of sp³-hybridized carbons (Fsp3) is 0.350. The Labute approximate surface area is 158 Å². The SMILES string of the molecule is CC(C)c1nccn1[C@H](C)C(=O)NCCc1nc(-c2ccccc2)cs1. The number of carbonyl (C=O) groups is 1. The van der Waals surface area contributed by atoms with Gasteiger partial charge < -0.3 is 9.88 Å². The van der Waals surface area contributed by atoms with Crippen molar-refractivity contribution >= 4 is 17.2 Å². The molecule has 136 valence electrons. The molecule has 5 nitrogen and oxygen atoms in total. The first kappa shape index (κ1) is 18.3. The lowest BCUT2D eigenvalue weighted by Crippen LogP contribution is -2.33. The summed E-state index contributed by atoms with van der Waals surface area (Å²) in [4.78, 5) is 21.5. The van der Waals surface area contributed by atoms with E-state index >= 15 is 0 Å². The number of hydrogen-bond acceptors (Lipinski definition) is 4. The van der Waals surface area contributed by atoms with E-state index < -0.39 is 0 Å². The summed E-state index contributed by atoms with van der Waals surface area (Å²) in [5.41, 5.74) is 2.11. The van der Waals surface area contributed by atoms with E-state index in [0.29, 0.717) is 6.54 Å². The molecule has 3 rings (SSSR count). The highest BCUT2D eigenvalue weighted by Crippen LogP contribution is 2.22. The number of carbonyl (C=O) groups excluding carboxylic acids is 1. The maximum absolute atomic E-state index is 12.5. The van der Waals surface area contributed by atoms with Crippen LogP contribution < -0.4 is 5.32 Å². The van der Waals surface area contributed by atoms with E-state index in [2.05, 4.69) is 46.6 Å². The second-order valence-electron chi connectivity index (χ2n) is 6.56. The van der Waals surface area contributed by atoms with Gasteiger partial charge in [0.05, 0.1) is 10.7 Å². The summed E-state index contributed by atoms with van der Waals surface area (Å²) >= 11 is 1.63. The van der Waals surface area contributed by atoms with Crippen molar-refractivity contribution in [2.75, 3.05) is 6.54 Å². The van der Waals surface area contributed by atoms with Gasteiger partial charge in [0.2, 0.25) is 5.91 Å². The van der Waals surface area contributed by atoms with Crippen LogP contribution in [0.3, 0.4) is 0 Å². The second kappa shape index (κ2) is 8.27. The fourth-order valence-electron chi connectivity index (χ4n) is 2.83. The van der Waals surface area contributed by atoms with Gasteiger partial charge in [-0.1, -0.05) is 44.2 Å². The molecule has 0 saturated carbocycles. The first-order chi connectivity index (χ1) is 12.6. The Morgan fingerprint density at radius 1 is 1.23 bits per heavy atom. The van der Waals surface area contributed by atoms with E-state index in [1.807, 2.05) is 35.9 Å². The number of imidazole rings is 1. The van der Waals surface area contributed by atoms with E-state index in [0.717, 1.165) is 28.5 Å². The molecule has 2 aromatic heterocycles. The third kappa shape index (κ3) is 4.19. The minimum Gasteiger partial charge on any atom is -0.354 e. The zero-order chi connectivity index (χ0) is 18.5. The average Bonchev–Trinajstić information content (AvgIpc) is 3.31. The molecule has 0 aliphatic heterocycles. The van der Waals surface area contributed by atoms with Crippen LogP contribution in [0.4, 0.5) is 0 Å². The molecule has 0 unspecified atom stereocenters. The van der Waals surface area contributed by atoms with Gasteiger partial charge in [0, 0.05) is 42.2 Å². The highest BCUT2D eigenvalue weighted by atomic mass is 32.1. The molecule has 0 bridgehead atoms. The van der Waals surface area contributed by atoms with Crippen LogP contribution in [-0.4, -0.2) is 27.0 Å². The molecule has 3 aromatic rings. The topological polar surface area (TPSA) is 59.8 Å². The van der Waals surface area contributed by atoms with E-state index in [4.69, 9.17) is 0 Å². The quantitative estimate of drug-likeness (QED) is 0.684. The molecule has 2 heterocycles. The summed E-state index contributed by atoms with van der Waals surface area (Å²) < 4.78 is 1.94. The summed E-state index contributed by atoms with van der Waals surface area (Å²) in [5.74, 6) is 1.22. The fourth-order valence-corrected chi connectivity index (χ4v) is 3.64. The van der Waals surface area contributed by atoms with Gasteiger partial charge in [-0.05, 0) is 6.92 Å². The van der Waals surface area contributed by atoms with Gasteiger partial charge in [-0.25, -0.2) is 9.97 Å². The Morgan fingerprint density at radius 2 is 2.00 bits per heavy atom. The van der Waals surface area contributed by atoms with Gasteiger partial charge in [0.1, 0.15) is 11.9 Å². The minimum atomic E-state index is -0.272. The third-order valence-corrected chi connectivity index (χ3v) is 5.18. The molecule has 1 N–H and O–H groups in total. The maximum atomic E-state index is 12.5. The van der Waals surface area contributed by atoms with Crippen LogP contribution in [0.15, 0.2) is 48.1 Å². The van der Waals surface area contributed by atoms with Crippen molar-refractivity contribution < 1.29 is 4.79 Å². The largest absolute Gasteiger partial charge is 0.354 e. The van der Waals surface area contributed by atoms with Crippen molar-refractivity contribution in [3.8, 4) is 11.3 Å². The number of benzene rings is 1. The lowest BCUT2D eigenvalue weighted by atomic mass is 10.2. The van der Waals surface area contributed by atoms with E-state index in [1.165, 1.54) is 0 Å². The van der Waals surface area contributed by atoms with Gasteiger partial charge >= 0.3 is 0 Å². The van der Waals surface area contributed by atoms with Gasteiger partial charge in [-0.3, -0.25) is 4.79 Å². The van der Waals surface area contributed by atoms with Gasteiger partial charge in [-0.2, -0.15) is 0 Å². The lowest BCUT2D eigenvalue weighted by molar-refractivity contribution is -0.123. The molecule has 1 amide bonds. The van der Waals surface area contributed by atoms with Gasteiger partial charge in [0.25, 0.3) is 0 Å². The van der Waals surface area contributed by atoms with Gasteiger partial charge in [-0.15, -0.1) is 11.3 Å². The van der Waals surface area contributed by atoms with Crippen molar-refractivity contribution in [1.29, 1.82) is 0 Å². The summed E-state index contributed by atoms with van der Waals surface area (Å²) in [7, 11) is 0. The number of hydrogen-bond donors (Lipinski definition) is 1. The number of amides is 1. The first-order valence-corrected chi connectivity index (χ1v) is 9.74. The van der Waals surface area contributed by atoms with Crippen molar-refractivity contribution in [3.63, 3.8) is 0 Å². The average molecular weight is 369 g/mol. The zero-order valence-corrected chi connectivity index (χ0v) is 16.2. The number of thiazole rings is 1. The predicted octanol–water partition coefficient (Wildman–Crippen LogP) is 4.05. The predicted molar refractivity (Wildman–Crippen MR) is 105 cm³/mol. The van der Waals surface area contributed by atoms with E-state index in [9.17, 15) is 4.79 Å². The highest BCUT2D eigenvalue weighted by Gasteiger charge is 2.18. The molecule has 0 fully saturated rings. The highest BCUT2D eigenvalue weighted by molar-refractivity contribution is 7.09. The van der Waals surface area contributed by atoms with Crippen LogP contribution in [0.2, 0.25) is 0 Å². The van der Waals surface area contributed by atoms with Crippen LogP contribution >= 0.6 is 11.3 Å². The number of aromatic nitrogens is 3. The smallest absolute Gasteiger partial charge is 0.242 e. The minimum absolute atomic E-state index is 0.00439. The van der Waals surface area contributed by atoms with E-state index in [1.54, 1.807) is 17.5 Å². The van der Waals surface area contributed by atoms with Crippen LogP contribution in [0.5, 0.6) is 0 Å². The molecular formula is C20H24N4OS. The first-order valence-electron chi connectivity index (χ1n) is 8.86. The third-order valence-electron chi connectivity index (χ3n) is 4.27. The van der Waals surface area contributed by atoms with Gasteiger partial charge in [0.15, 0.2) is 0 Å². The number of rotatable bonds is 7. The maximum Gasteiger partial charge on any atom is 0.242 e. The van der Waals surface area contributed by atoms with Crippen molar-refractivity contribution in [2.24, 2.45) is 0 Å². The molecule has 0 spiro atoms. The van der Waals surface area contributed by atoms with Crippen LogP contribution in [-0.2, 0) is 11.2 Å². The standard InChI is InChI=1S/C20H24N4OS/c1-14(2)19-21-11-12-24(19)15(3)20(25)22-10-9-18-23-17(13-26-18)16-7-5-4-6-8-16/h4-8,11-15H,9-10H2,1-3H3,(H,22,25)/t15-/m1/s1. The Bertz CT molecular complexity index is 854. The van der Waals surface area contributed by atoms with Crippen molar-refractivity contribution in [1.82, 2.24) is 19.9 Å². The lowest BCUT2D eigenvalue weighted by Gasteiger charge is -2.17. The molecule has 0 radical (unpaired) electrons. The van der Waals surface area contributed by atoms with Crippen LogP contribution in [0.1, 0.15) is 43.6 Å². The zero-order valence-electron chi connectivity index (χ0n) is 15.3. The Morgan fingerprint density at radius 3 is 2.73 bits per heavy atom. The molecule has 1 atom stereocenters. The molecule has 6 heteroatoms. The monoisotopic (exact) mass is 368 g/mol. The molecule has 1 aromatic carbocycles. The molecule has 0 aliphatic rings. The van der Waals surface area contributed by atoms with Crippen LogP contribution in [0, 0.1) is 0 Å². The molecule has 0 saturated heterocycles. The normalized spacial score (nSPS) is 12.3. The summed E-state index contributed by atoms with van der Waals surface area (Å²) in [5, 5.41) is 6.11. The molecule has 0 aliphatic carbocycles. The molecule has 26 heavy (non-hydrogen) atoms. The number of nitrogens with one attached hydrogen (secondary N) is 1. The summed E-state index contributed by atoms with van der Waals surface area (Å²) in [6.45, 7) is 6.64. The Hall–Kier alpha value is -2.47. The van der Waals surface area contributed by atoms with Crippen LogP contribution in [0.25, 0.3) is 11.3 Å². The molecular weight excluding hydrogens is 344 g/mol. The number of nitrogens with zero attached hydrogens (tertiary/aromatic N) is 3. The van der Waals surface area contributed by atoms with E-state index in [-0.39, 0.29) is 17.9 Å². The second-order valence-corrected chi connectivity index (χ2v) is 7.50. The Balaban J connectivity index is 1.54. The summed E-state index contributed by atoms with van der Waals surface area (Å²) in [6.07, 6.45) is 4.35.